The number of benzene rings is 2. The van der Waals surface area contributed by atoms with Crippen molar-refractivity contribution < 1.29 is 42.1 Å². The predicted molar refractivity (Wildman–Crippen MR) is 140 cm³/mol. The second-order valence-corrected chi connectivity index (χ2v) is 9.68. The van der Waals surface area contributed by atoms with Gasteiger partial charge in [-0.05, 0) is 62.0 Å². The molecule has 1 heterocycles. The number of aromatic nitrogens is 2. The van der Waals surface area contributed by atoms with Crippen LogP contribution in [0.25, 0.3) is 22.0 Å². The highest BCUT2D eigenvalue weighted by atomic mass is 19.4. The van der Waals surface area contributed by atoms with Gasteiger partial charge in [0.2, 0.25) is 0 Å². The van der Waals surface area contributed by atoms with Crippen molar-refractivity contribution in [3.05, 3.63) is 54.5 Å². The van der Waals surface area contributed by atoms with E-state index in [-0.39, 0.29) is 17.9 Å². The van der Waals surface area contributed by atoms with E-state index in [9.17, 15) is 27.5 Å². The number of aromatic hydroxyl groups is 1. The van der Waals surface area contributed by atoms with Crippen molar-refractivity contribution in [1.82, 2.24) is 20.0 Å². The van der Waals surface area contributed by atoms with Crippen LogP contribution in [-0.4, -0.2) is 87.6 Å². The van der Waals surface area contributed by atoms with Gasteiger partial charge in [0.25, 0.3) is 5.91 Å². The number of carboxylic acid groups (broad SMARTS) is 1. The Labute approximate surface area is 227 Å². The zero-order valence-corrected chi connectivity index (χ0v) is 22.1. The Morgan fingerprint density at radius 2 is 1.82 bits per heavy atom. The lowest BCUT2D eigenvalue weighted by molar-refractivity contribution is -0.192. The molecular formula is C27H30F4N4O5. The lowest BCUT2D eigenvalue weighted by Crippen LogP contribution is -2.53. The summed E-state index contributed by atoms with van der Waals surface area (Å²) >= 11 is 0. The van der Waals surface area contributed by atoms with E-state index >= 15 is 0 Å². The topological polar surface area (TPSA) is 119 Å². The zero-order valence-electron chi connectivity index (χ0n) is 22.1. The number of fused-ring (bicyclic) bond motifs is 1. The maximum absolute atomic E-state index is 13.6. The number of ether oxygens (including phenoxy) is 1. The molecule has 3 aromatic rings. The van der Waals surface area contributed by atoms with Gasteiger partial charge in [-0.15, -0.1) is 0 Å². The number of rotatable bonds is 8. The number of phenols is 1. The molecule has 0 atom stereocenters. The Morgan fingerprint density at radius 3 is 2.38 bits per heavy atom. The van der Waals surface area contributed by atoms with Gasteiger partial charge in [0.1, 0.15) is 17.6 Å². The Kier molecular flexibility index (Phi) is 9.40. The quantitative estimate of drug-likeness (QED) is 0.268. The summed E-state index contributed by atoms with van der Waals surface area (Å²) in [6.45, 7) is 6.21. The molecule has 1 aliphatic carbocycles. The predicted octanol–water partition coefficient (Wildman–Crippen LogP) is 4.66. The molecule has 1 amide bonds. The number of halogens is 4. The molecule has 40 heavy (non-hydrogen) atoms. The van der Waals surface area contributed by atoms with Crippen LogP contribution in [0, 0.1) is 6.92 Å². The molecule has 0 aliphatic heterocycles. The number of nitrogens with zero attached hydrogens (tertiary/aromatic N) is 3. The normalized spacial score (nSPS) is 16.6. The molecule has 13 heteroatoms. The SMILES string of the molecule is C=C(F)C(=O)N(CCN(C)C)C1CC(Oc2cc(-c3ccc(O)cc3C)cc3[nH]ncc23)C1.O=C(O)C(F)(F)F. The van der Waals surface area contributed by atoms with Crippen molar-refractivity contribution in [3.8, 4) is 22.6 Å². The fourth-order valence-corrected chi connectivity index (χ4v) is 4.23. The molecule has 3 N–H and O–H groups in total. The van der Waals surface area contributed by atoms with Crippen LogP contribution in [0.2, 0.25) is 0 Å². The van der Waals surface area contributed by atoms with E-state index in [0.717, 1.165) is 27.6 Å². The fourth-order valence-electron chi connectivity index (χ4n) is 4.23. The summed E-state index contributed by atoms with van der Waals surface area (Å²) < 4.78 is 51.6. The molecule has 0 saturated heterocycles. The Hall–Kier alpha value is -4.13. The summed E-state index contributed by atoms with van der Waals surface area (Å²) in [6.07, 6.45) is -2.21. The molecule has 0 bridgehead atoms. The number of hydrogen-bond acceptors (Lipinski definition) is 6. The highest BCUT2D eigenvalue weighted by Crippen LogP contribution is 2.37. The summed E-state index contributed by atoms with van der Waals surface area (Å²) in [7, 11) is 3.83. The van der Waals surface area contributed by atoms with Gasteiger partial charge >= 0.3 is 12.1 Å². The Morgan fingerprint density at radius 1 is 1.18 bits per heavy atom. The number of carbonyl (C=O) groups excluding carboxylic acids is 1. The van der Waals surface area contributed by atoms with Gasteiger partial charge in [-0.3, -0.25) is 9.89 Å². The van der Waals surface area contributed by atoms with Crippen LogP contribution < -0.4 is 4.74 Å². The molecule has 1 fully saturated rings. The number of H-pyrrole nitrogens is 1. The Bertz CT molecular complexity index is 1380. The molecule has 1 aromatic heterocycles. The molecule has 2 aromatic carbocycles. The fraction of sp³-hybridized carbons (Fsp3) is 0.370. The second-order valence-electron chi connectivity index (χ2n) is 9.68. The molecule has 0 spiro atoms. The zero-order chi connectivity index (χ0) is 29.8. The number of phenolic OH excluding ortho intramolecular Hbond substituents is 1. The minimum absolute atomic E-state index is 0.0858. The van der Waals surface area contributed by atoms with Crippen molar-refractivity contribution in [2.24, 2.45) is 0 Å². The summed E-state index contributed by atoms with van der Waals surface area (Å²) in [5.41, 5.74) is 3.74. The first kappa shape index (κ1) is 30.4. The van der Waals surface area contributed by atoms with Gasteiger partial charge < -0.3 is 24.7 Å². The average Bonchev–Trinajstić information content (AvgIpc) is 3.30. The standard InChI is InChI=1S/C25H29FN4O3.C2HF3O2/c1-15-9-19(31)5-6-21(15)17-10-23-22(14-27-28-23)24(11-17)33-20-12-18(13-20)30(8-7-29(3)4)25(32)16(2)26;3-2(4,5)1(6)7/h5-6,9-11,14,18,20,31H,2,7-8,12-13H2,1,3-4H3,(H,27,28);(H,6,7). The minimum Gasteiger partial charge on any atom is -0.508 e. The smallest absolute Gasteiger partial charge is 0.490 e. The molecular weight excluding hydrogens is 536 g/mol. The van der Waals surface area contributed by atoms with E-state index in [1.165, 1.54) is 0 Å². The lowest BCUT2D eigenvalue weighted by atomic mass is 9.87. The van der Waals surface area contributed by atoms with Crippen LogP contribution in [-0.2, 0) is 9.59 Å². The van der Waals surface area contributed by atoms with E-state index in [0.29, 0.717) is 31.7 Å². The van der Waals surface area contributed by atoms with Gasteiger partial charge in [-0.1, -0.05) is 12.6 Å². The second kappa shape index (κ2) is 12.4. The molecule has 4 rings (SSSR count). The number of carbonyl (C=O) groups is 2. The number of aromatic amines is 1. The van der Waals surface area contributed by atoms with Crippen LogP contribution in [0.3, 0.4) is 0 Å². The molecule has 1 aliphatic rings. The molecule has 0 radical (unpaired) electrons. The third kappa shape index (κ3) is 7.50. The number of aryl methyl sites for hydroxylation is 1. The molecule has 0 unspecified atom stereocenters. The van der Waals surface area contributed by atoms with E-state index in [2.05, 4.69) is 16.8 Å². The van der Waals surface area contributed by atoms with Crippen molar-refractivity contribution in [1.29, 1.82) is 0 Å². The Balaban J connectivity index is 0.000000559. The van der Waals surface area contributed by atoms with Gasteiger partial charge in [0, 0.05) is 32.0 Å². The first-order chi connectivity index (χ1) is 18.7. The molecule has 1 saturated carbocycles. The third-order valence-electron chi connectivity index (χ3n) is 6.37. The molecule has 216 valence electrons. The minimum atomic E-state index is -5.08. The van der Waals surface area contributed by atoms with Crippen molar-refractivity contribution in [3.63, 3.8) is 0 Å². The molecule has 9 nitrogen and oxygen atoms in total. The number of likely N-dealkylation sites (N-methyl/N-ethyl adjacent to an activating group) is 1. The summed E-state index contributed by atoms with van der Waals surface area (Å²) in [5, 5.41) is 24.9. The van der Waals surface area contributed by atoms with Gasteiger partial charge in [-0.2, -0.15) is 18.3 Å². The van der Waals surface area contributed by atoms with Crippen LogP contribution in [0.15, 0.2) is 48.9 Å². The maximum Gasteiger partial charge on any atom is 0.490 e. The van der Waals surface area contributed by atoms with E-state index < -0.39 is 23.9 Å². The van der Waals surface area contributed by atoms with Crippen molar-refractivity contribution in [2.45, 2.75) is 38.1 Å². The largest absolute Gasteiger partial charge is 0.508 e. The van der Waals surface area contributed by atoms with Crippen LogP contribution in [0.5, 0.6) is 11.5 Å². The van der Waals surface area contributed by atoms with Crippen molar-refractivity contribution >= 4 is 22.8 Å². The first-order valence-electron chi connectivity index (χ1n) is 12.2. The van der Waals surface area contributed by atoms with E-state index in [1.54, 1.807) is 23.2 Å². The van der Waals surface area contributed by atoms with Crippen LogP contribution in [0.1, 0.15) is 18.4 Å². The first-order valence-corrected chi connectivity index (χ1v) is 12.2. The van der Waals surface area contributed by atoms with Crippen LogP contribution >= 0.6 is 0 Å². The number of aliphatic carboxylic acids is 1. The monoisotopic (exact) mass is 566 g/mol. The summed E-state index contributed by atoms with van der Waals surface area (Å²) in [4.78, 5) is 24.7. The number of hydrogen-bond donors (Lipinski definition) is 3. The third-order valence-corrected chi connectivity index (χ3v) is 6.37. The number of amides is 1. The number of carboxylic acids is 1. The van der Waals surface area contributed by atoms with Gasteiger partial charge in [-0.25, -0.2) is 9.18 Å². The highest BCUT2D eigenvalue weighted by molar-refractivity contribution is 5.91. The van der Waals surface area contributed by atoms with Gasteiger partial charge in [0.05, 0.1) is 17.1 Å². The number of nitrogens with one attached hydrogen (secondary N) is 1. The van der Waals surface area contributed by atoms with Crippen LogP contribution in [0.4, 0.5) is 17.6 Å². The summed E-state index contributed by atoms with van der Waals surface area (Å²) in [6, 6.07) is 9.16. The van der Waals surface area contributed by atoms with E-state index in [1.807, 2.05) is 44.1 Å². The van der Waals surface area contributed by atoms with Crippen molar-refractivity contribution in [2.75, 3.05) is 27.2 Å². The van der Waals surface area contributed by atoms with E-state index in [4.69, 9.17) is 14.6 Å². The number of alkyl halides is 3. The maximum atomic E-state index is 13.6. The summed E-state index contributed by atoms with van der Waals surface area (Å²) in [5.74, 6) is -3.42. The average molecular weight is 567 g/mol. The lowest BCUT2D eigenvalue weighted by Gasteiger charge is -2.42. The van der Waals surface area contributed by atoms with Gasteiger partial charge in [0.15, 0.2) is 5.83 Å². The highest BCUT2D eigenvalue weighted by Gasteiger charge is 2.39.